The lowest BCUT2D eigenvalue weighted by atomic mass is 10.0. The largest absolute Gasteiger partial charge is 0.387 e. The fourth-order valence-electron chi connectivity index (χ4n) is 2.31. The summed E-state index contributed by atoms with van der Waals surface area (Å²) in [6.45, 7) is 0.650. The van der Waals surface area contributed by atoms with E-state index in [1.807, 2.05) is 30.3 Å². The van der Waals surface area contributed by atoms with E-state index in [2.05, 4.69) is 0 Å². The van der Waals surface area contributed by atoms with Crippen molar-refractivity contribution in [2.24, 2.45) is 0 Å². The van der Waals surface area contributed by atoms with E-state index in [9.17, 15) is 10.2 Å². The fraction of sp³-hybridized carbons (Fsp3) is 0.538. The summed E-state index contributed by atoms with van der Waals surface area (Å²) in [6.07, 6.45) is -3.61. The molecule has 2 heterocycles. The van der Waals surface area contributed by atoms with Gasteiger partial charge in [0.1, 0.15) is 24.4 Å². The van der Waals surface area contributed by atoms with E-state index in [4.69, 9.17) is 14.2 Å². The van der Waals surface area contributed by atoms with E-state index in [-0.39, 0.29) is 0 Å². The monoisotopic (exact) mass is 252 g/mol. The second kappa shape index (κ2) is 4.95. The van der Waals surface area contributed by atoms with Crippen LogP contribution in [0.4, 0.5) is 0 Å². The molecule has 0 spiro atoms. The number of ether oxygens (including phenoxy) is 3. The highest BCUT2D eigenvalue weighted by Crippen LogP contribution is 2.30. The van der Waals surface area contributed by atoms with Gasteiger partial charge in [0.2, 0.25) is 0 Å². The lowest BCUT2D eigenvalue weighted by Crippen LogP contribution is -2.54. The zero-order chi connectivity index (χ0) is 12.5. The van der Waals surface area contributed by atoms with E-state index < -0.39 is 30.7 Å². The first kappa shape index (κ1) is 12.1. The number of aliphatic hydroxyl groups excluding tert-OH is 2. The highest BCUT2D eigenvalue weighted by molar-refractivity contribution is 5.13. The first-order chi connectivity index (χ1) is 8.75. The van der Waals surface area contributed by atoms with Crippen LogP contribution in [0.15, 0.2) is 30.3 Å². The molecular weight excluding hydrogens is 236 g/mol. The van der Waals surface area contributed by atoms with Crippen molar-refractivity contribution in [3.8, 4) is 0 Å². The minimum absolute atomic E-state index is 0.300. The summed E-state index contributed by atoms with van der Waals surface area (Å²) in [5.74, 6) is 0. The molecule has 2 aliphatic heterocycles. The molecule has 2 N–H and O–H groups in total. The number of hydrogen-bond acceptors (Lipinski definition) is 5. The Kier molecular flexibility index (Phi) is 3.32. The second-order valence-corrected chi connectivity index (χ2v) is 4.62. The molecule has 5 atom stereocenters. The third-order valence-corrected chi connectivity index (χ3v) is 3.35. The minimum atomic E-state index is -0.972. The molecule has 98 valence electrons. The Hall–Kier alpha value is -0.980. The Labute approximate surface area is 105 Å². The topological polar surface area (TPSA) is 68.2 Å². The third-order valence-electron chi connectivity index (χ3n) is 3.35. The number of rotatable bonds is 3. The number of hydrogen-bond donors (Lipinski definition) is 2. The molecule has 0 radical (unpaired) electrons. The van der Waals surface area contributed by atoms with Crippen LogP contribution in [-0.2, 0) is 20.8 Å². The van der Waals surface area contributed by atoms with Gasteiger partial charge in [-0.15, -0.1) is 0 Å². The molecule has 3 rings (SSSR count). The first-order valence-electron chi connectivity index (χ1n) is 6.04. The maximum absolute atomic E-state index is 9.96. The molecule has 5 nitrogen and oxygen atoms in total. The number of aliphatic hydroxyl groups is 2. The Morgan fingerprint density at radius 3 is 2.72 bits per heavy atom. The molecule has 2 fully saturated rings. The van der Waals surface area contributed by atoms with Crippen LogP contribution in [-0.4, -0.2) is 47.5 Å². The van der Waals surface area contributed by atoms with Crippen molar-refractivity contribution in [2.75, 3.05) is 6.61 Å². The first-order valence-corrected chi connectivity index (χ1v) is 6.04. The summed E-state index contributed by atoms with van der Waals surface area (Å²) in [5, 5.41) is 19.8. The van der Waals surface area contributed by atoms with Gasteiger partial charge < -0.3 is 24.4 Å². The van der Waals surface area contributed by atoms with Crippen molar-refractivity contribution in [1.82, 2.24) is 0 Å². The molecule has 2 bridgehead atoms. The molecule has 1 aromatic rings. The number of fused-ring (bicyclic) bond motifs is 2. The second-order valence-electron chi connectivity index (χ2n) is 4.62. The molecule has 5 heteroatoms. The molecule has 0 aromatic heterocycles. The van der Waals surface area contributed by atoms with E-state index in [0.29, 0.717) is 13.2 Å². The molecule has 0 aliphatic carbocycles. The summed E-state index contributed by atoms with van der Waals surface area (Å²) in [7, 11) is 0. The molecule has 2 saturated heterocycles. The molecule has 1 aromatic carbocycles. The lowest BCUT2D eigenvalue weighted by Gasteiger charge is -2.35. The Balaban J connectivity index is 1.65. The van der Waals surface area contributed by atoms with Gasteiger partial charge in [-0.25, -0.2) is 0 Å². The Bertz CT molecular complexity index is 396. The van der Waals surface area contributed by atoms with Gasteiger partial charge in [0.25, 0.3) is 0 Å². The van der Waals surface area contributed by atoms with E-state index >= 15 is 0 Å². The van der Waals surface area contributed by atoms with Crippen LogP contribution in [0.2, 0.25) is 0 Å². The maximum Gasteiger partial charge on any atom is 0.187 e. The Morgan fingerprint density at radius 2 is 1.94 bits per heavy atom. The average molecular weight is 252 g/mol. The summed E-state index contributed by atoms with van der Waals surface area (Å²) in [6, 6.07) is 9.64. The van der Waals surface area contributed by atoms with Crippen molar-refractivity contribution in [2.45, 2.75) is 37.3 Å². The van der Waals surface area contributed by atoms with Crippen molar-refractivity contribution < 1.29 is 24.4 Å². The maximum atomic E-state index is 9.96. The van der Waals surface area contributed by atoms with Crippen LogP contribution >= 0.6 is 0 Å². The van der Waals surface area contributed by atoms with Gasteiger partial charge >= 0.3 is 0 Å². The van der Waals surface area contributed by atoms with Crippen LogP contribution < -0.4 is 0 Å². The smallest absolute Gasteiger partial charge is 0.187 e. The van der Waals surface area contributed by atoms with E-state index in [0.717, 1.165) is 5.56 Å². The van der Waals surface area contributed by atoms with Crippen LogP contribution in [0.5, 0.6) is 0 Å². The Morgan fingerprint density at radius 1 is 1.17 bits per heavy atom. The summed E-state index contributed by atoms with van der Waals surface area (Å²) in [4.78, 5) is 0. The summed E-state index contributed by atoms with van der Waals surface area (Å²) >= 11 is 0. The fourth-order valence-corrected chi connectivity index (χ4v) is 2.31. The number of benzene rings is 1. The van der Waals surface area contributed by atoms with Gasteiger partial charge in [-0.2, -0.15) is 0 Å². The predicted octanol–water partition coefficient (Wildman–Crippen LogP) is 0.0487. The molecular formula is C13H16O5. The molecule has 2 aliphatic rings. The van der Waals surface area contributed by atoms with Gasteiger partial charge in [-0.1, -0.05) is 30.3 Å². The van der Waals surface area contributed by atoms with Gasteiger partial charge in [-0.3, -0.25) is 0 Å². The van der Waals surface area contributed by atoms with Gasteiger partial charge in [0, 0.05) is 0 Å². The molecule has 0 amide bonds. The van der Waals surface area contributed by atoms with Crippen LogP contribution in [0, 0.1) is 0 Å². The van der Waals surface area contributed by atoms with Crippen molar-refractivity contribution >= 4 is 0 Å². The van der Waals surface area contributed by atoms with Crippen molar-refractivity contribution in [1.29, 1.82) is 0 Å². The van der Waals surface area contributed by atoms with Crippen LogP contribution in [0.3, 0.4) is 0 Å². The van der Waals surface area contributed by atoms with Crippen molar-refractivity contribution in [3.05, 3.63) is 35.9 Å². The predicted molar refractivity (Wildman–Crippen MR) is 61.6 cm³/mol. The molecule has 18 heavy (non-hydrogen) atoms. The highest BCUT2D eigenvalue weighted by Gasteiger charge is 2.50. The minimum Gasteiger partial charge on any atom is -0.387 e. The standard InChI is InChI=1S/C13H16O5/c14-10-9-7-17-13(18-9)12(11(10)15)16-6-8-4-2-1-3-5-8/h1-5,9-15H,6-7H2/t9-,10+,11+,12+,13-/m0/s1. The van der Waals surface area contributed by atoms with Gasteiger partial charge in [0.15, 0.2) is 6.29 Å². The summed E-state index contributed by atoms with van der Waals surface area (Å²) in [5.41, 5.74) is 0.999. The lowest BCUT2D eigenvalue weighted by molar-refractivity contribution is -0.245. The SMILES string of the molecule is O[C@@H]1[C@H](O)[C@@H]2CO[C@@H](O2)[C@@H]1OCc1ccccc1. The van der Waals surface area contributed by atoms with Crippen molar-refractivity contribution in [3.63, 3.8) is 0 Å². The third kappa shape index (κ3) is 2.15. The van der Waals surface area contributed by atoms with Crippen LogP contribution in [0.25, 0.3) is 0 Å². The van der Waals surface area contributed by atoms with E-state index in [1.54, 1.807) is 0 Å². The highest BCUT2D eigenvalue weighted by atomic mass is 16.8. The van der Waals surface area contributed by atoms with Crippen LogP contribution in [0.1, 0.15) is 5.56 Å². The molecule has 0 unspecified atom stereocenters. The average Bonchev–Trinajstić information content (AvgIpc) is 2.84. The zero-order valence-corrected chi connectivity index (χ0v) is 9.81. The normalized spacial score (nSPS) is 38.9. The zero-order valence-electron chi connectivity index (χ0n) is 9.81. The summed E-state index contributed by atoms with van der Waals surface area (Å²) < 4.78 is 16.4. The van der Waals surface area contributed by atoms with Gasteiger partial charge in [-0.05, 0) is 5.56 Å². The quantitative estimate of drug-likeness (QED) is 0.795. The van der Waals surface area contributed by atoms with E-state index in [1.165, 1.54) is 0 Å². The van der Waals surface area contributed by atoms with Gasteiger partial charge in [0.05, 0.1) is 13.2 Å². The molecule has 0 saturated carbocycles.